The molecule has 72 valence electrons. The van der Waals surface area contributed by atoms with Crippen LogP contribution in [-0.4, -0.2) is 11.1 Å². The molecule has 0 aliphatic carbocycles. The van der Waals surface area contributed by atoms with E-state index in [0.29, 0.717) is 0 Å². The minimum Gasteiger partial charge on any atom is -0.481 e. The van der Waals surface area contributed by atoms with E-state index < -0.39 is 18.2 Å². The second-order valence-electron chi connectivity index (χ2n) is 2.60. The molecule has 1 N–H and O–H groups in total. The van der Waals surface area contributed by atoms with E-state index in [-0.39, 0.29) is 16.1 Å². The molecule has 1 rings (SSSR count). The molecule has 0 unspecified atom stereocenters. The van der Waals surface area contributed by atoms with Crippen LogP contribution in [0, 0.1) is 17.1 Å². The first kappa shape index (κ1) is 10.5. The lowest BCUT2D eigenvalue weighted by molar-refractivity contribution is -0.136. The fourth-order valence-electron chi connectivity index (χ4n) is 1.05. The van der Waals surface area contributed by atoms with Gasteiger partial charge in [-0.1, -0.05) is 11.6 Å². The van der Waals surface area contributed by atoms with Crippen LogP contribution in [0.15, 0.2) is 12.1 Å². The van der Waals surface area contributed by atoms with Gasteiger partial charge in [0.05, 0.1) is 17.0 Å². The lowest BCUT2D eigenvalue weighted by Crippen LogP contribution is -2.03. The molecule has 0 aliphatic heterocycles. The van der Waals surface area contributed by atoms with Crippen LogP contribution in [0.4, 0.5) is 4.39 Å². The summed E-state index contributed by atoms with van der Waals surface area (Å²) in [5, 5.41) is 17.1. The van der Waals surface area contributed by atoms with Crippen LogP contribution in [0.5, 0.6) is 0 Å². The maximum Gasteiger partial charge on any atom is 0.307 e. The third-order valence-electron chi connectivity index (χ3n) is 1.59. The molecular formula is C9H5ClFNO2. The summed E-state index contributed by atoms with van der Waals surface area (Å²) in [5.41, 5.74) is 0.0977. The second kappa shape index (κ2) is 4.07. The van der Waals surface area contributed by atoms with Gasteiger partial charge in [-0.3, -0.25) is 4.79 Å². The third kappa shape index (κ3) is 2.21. The molecular weight excluding hydrogens is 209 g/mol. The van der Waals surface area contributed by atoms with Crippen LogP contribution in [0.3, 0.4) is 0 Å². The van der Waals surface area contributed by atoms with Gasteiger partial charge in [0.15, 0.2) is 0 Å². The summed E-state index contributed by atoms with van der Waals surface area (Å²) in [6.45, 7) is 0. The number of carboxylic acid groups (broad SMARTS) is 1. The number of hydrogen-bond acceptors (Lipinski definition) is 2. The molecule has 0 fully saturated rings. The second-order valence-corrected chi connectivity index (χ2v) is 3.01. The summed E-state index contributed by atoms with van der Waals surface area (Å²) >= 11 is 5.56. The van der Waals surface area contributed by atoms with Crippen molar-refractivity contribution in [2.75, 3.05) is 0 Å². The van der Waals surface area contributed by atoms with Crippen molar-refractivity contribution in [1.82, 2.24) is 0 Å². The quantitative estimate of drug-likeness (QED) is 0.817. The van der Waals surface area contributed by atoms with Crippen molar-refractivity contribution in [3.05, 3.63) is 34.1 Å². The van der Waals surface area contributed by atoms with Crippen molar-refractivity contribution in [3.63, 3.8) is 0 Å². The highest BCUT2D eigenvalue weighted by Gasteiger charge is 2.12. The number of aliphatic carboxylic acids is 1. The van der Waals surface area contributed by atoms with Gasteiger partial charge in [-0.05, 0) is 17.7 Å². The van der Waals surface area contributed by atoms with E-state index in [1.165, 1.54) is 0 Å². The lowest BCUT2D eigenvalue weighted by Gasteiger charge is -2.02. The monoisotopic (exact) mass is 213 g/mol. The van der Waals surface area contributed by atoms with E-state index in [4.69, 9.17) is 22.0 Å². The van der Waals surface area contributed by atoms with Crippen molar-refractivity contribution >= 4 is 17.6 Å². The minimum absolute atomic E-state index is 0.00969. The fraction of sp³-hybridized carbons (Fsp3) is 0.111. The molecule has 0 heterocycles. The smallest absolute Gasteiger partial charge is 0.307 e. The molecule has 0 radical (unpaired) electrons. The van der Waals surface area contributed by atoms with Gasteiger partial charge in [0, 0.05) is 0 Å². The zero-order valence-corrected chi connectivity index (χ0v) is 7.68. The molecule has 0 amide bonds. The number of hydrogen-bond donors (Lipinski definition) is 1. The molecule has 0 aliphatic rings. The SMILES string of the molecule is N#Cc1c(Cl)cc(F)cc1CC(=O)O. The summed E-state index contributed by atoms with van der Waals surface area (Å²) in [4.78, 5) is 10.4. The van der Waals surface area contributed by atoms with Gasteiger partial charge in [-0.25, -0.2) is 4.39 Å². The zero-order valence-electron chi connectivity index (χ0n) is 6.92. The summed E-state index contributed by atoms with van der Waals surface area (Å²) in [6.07, 6.45) is -0.416. The van der Waals surface area contributed by atoms with Gasteiger partial charge in [0.1, 0.15) is 11.9 Å². The average molecular weight is 214 g/mol. The minimum atomic E-state index is -1.14. The van der Waals surface area contributed by atoms with Crippen LogP contribution in [0.1, 0.15) is 11.1 Å². The van der Waals surface area contributed by atoms with Crippen LogP contribution < -0.4 is 0 Å². The van der Waals surface area contributed by atoms with Crippen molar-refractivity contribution in [3.8, 4) is 6.07 Å². The van der Waals surface area contributed by atoms with Crippen LogP contribution >= 0.6 is 11.6 Å². The van der Waals surface area contributed by atoms with Gasteiger partial charge >= 0.3 is 5.97 Å². The van der Waals surface area contributed by atoms with Crippen molar-refractivity contribution in [1.29, 1.82) is 5.26 Å². The molecule has 14 heavy (non-hydrogen) atoms. The average Bonchev–Trinajstić information content (AvgIpc) is 2.01. The summed E-state index contributed by atoms with van der Waals surface area (Å²) in [5.74, 6) is -1.78. The molecule has 0 saturated carbocycles. The Kier molecular flexibility index (Phi) is 3.05. The maximum atomic E-state index is 12.8. The number of halogens is 2. The molecule has 0 atom stereocenters. The molecule has 3 nitrogen and oxygen atoms in total. The van der Waals surface area contributed by atoms with E-state index in [1.54, 1.807) is 6.07 Å². The van der Waals surface area contributed by atoms with Gasteiger partial charge < -0.3 is 5.11 Å². The summed E-state index contributed by atoms with van der Waals surface area (Å²) < 4.78 is 12.8. The molecule has 0 spiro atoms. The number of nitriles is 1. The van der Waals surface area contributed by atoms with Crippen LogP contribution in [-0.2, 0) is 11.2 Å². The lowest BCUT2D eigenvalue weighted by atomic mass is 10.1. The van der Waals surface area contributed by atoms with E-state index >= 15 is 0 Å². The van der Waals surface area contributed by atoms with Crippen LogP contribution in [0.2, 0.25) is 5.02 Å². The number of rotatable bonds is 2. The first-order chi connectivity index (χ1) is 6.54. The molecule has 1 aromatic rings. The molecule has 0 bridgehead atoms. The first-order valence-corrected chi connectivity index (χ1v) is 4.02. The Hall–Kier alpha value is -1.60. The Morgan fingerprint density at radius 1 is 1.64 bits per heavy atom. The van der Waals surface area contributed by atoms with Crippen molar-refractivity contribution in [2.45, 2.75) is 6.42 Å². The highest BCUT2D eigenvalue weighted by molar-refractivity contribution is 6.31. The largest absolute Gasteiger partial charge is 0.481 e. The molecule has 0 aromatic heterocycles. The Morgan fingerprint density at radius 3 is 2.79 bits per heavy atom. The Bertz CT molecular complexity index is 426. The van der Waals surface area contributed by atoms with Crippen molar-refractivity contribution in [2.24, 2.45) is 0 Å². The van der Waals surface area contributed by atoms with Gasteiger partial charge in [-0.2, -0.15) is 5.26 Å². The predicted molar refractivity (Wildman–Crippen MR) is 47.5 cm³/mol. The Labute approximate surface area is 84.3 Å². The number of benzene rings is 1. The highest BCUT2D eigenvalue weighted by Crippen LogP contribution is 2.21. The maximum absolute atomic E-state index is 12.8. The number of nitrogens with zero attached hydrogens (tertiary/aromatic N) is 1. The van der Waals surface area contributed by atoms with E-state index in [0.717, 1.165) is 12.1 Å². The fourth-order valence-corrected chi connectivity index (χ4v) is 1.32. The Balaban J connectivity index is 3.26. The molecule has 0 saturated heterocycles. The predicted octanol–water partition coefficient (Wildman–Crippen LogP) is 1.98. The summed E-state index contributed by atoms with van der Waals surface area (Å²) in [6, 6.07) is 3.71. The van der Waals surface area contributed by atoms with Gasteiger partial charge in [0.2, 0.25) is 0 Å². The first-order valence-electron chi connectivity index (χ1n) is 3.64. The zero-order chi connectivity index (χ0) is 10.7. The van der Waals surface area contributed by atoms with Gasteiger partial charge in [0.25, 0.3) is 0 Å². The van der Waals surface area contributed by atoms with E-state index in [1.807, 2.05) is 0 Å². The summed E-state index contributed by atoms with van der Waals surface area (Å²) in [7, 11) is 0. The van der Waals surface area contributed by atoms with Gasteiger partial charge in [-0.15, -0.1) is 0 Å². The normalized spacial score (nSPS) is 9.50. The molecule has 1 aromatic carbocycles. The molecule has 5 heteroatoms. The number of carbonyl (C=O) groups is 1. The number of carboxylic acids is 1. The standard InChI is InChI=1S/C9H5ClFNO2/c10-8-3-6(11)1-5(2-9(13)14)7(8)4-12/h1,3H,2H2,(H,13,14). The van der Waals surface area contributed by atoms with E-state index in [2.05, 4.69) is 0 Å². The topological polar surface area (TPSA) is 61.1 Å². The third-order valence-corrected chi connectivity index (χ3v) is 1.89. The van der Waals surface area contributed by atoms with Crippen molar-refractivity contribution < 1.29 is 14.3 Å². The van der Waals surface area contributed by atoms with E-state index in [9.17, 15) is 9.18 Å². The highest BCUT2D eigenvalue weighted by atomic mass is 35.5. The van der Waals surface area contributed by atoms with Crippen LogP contribution in [0.25, 0.3) is 0 Å². The Morgan fingerprint density at radius 2 is 2.29 bits per heavy atom.